The van der Waals surface area contributed by atoms with E-state index in [0.29, 0.717) is 35.8 Å². The van der Waals surface area contributed by atoms with E-state index in [2.05, 4.69) is 192 Å². The van der Waals surface area contributed by atoms with Crippen molar-refractivity contribution >= 4 is 28.2 Å². The van der Waals surface area contributed by atoms with Gasteiger partial charge in [0.15, 0.2) is 0 Å². The molecule has 0 saturated carbocycles. The van der Waals surface area contributed by atoms with Gasteiger partial charge in [-0.05, 0) is 120 Å². The third kappa shape index (κ3) is 5.77. The Labute approximate surface area is 331 Å². The van der Waals surface area contributed by atoms with E-state index in [4.69, 9.17) is 0 Å². The summed E-state index contributed by atoms with van der Waals surface area (Å²) in [6.07, 6.45) is 29.1. The van der Waals surface area contributed by atoms with Crippen LogP contribution in [0.5, 0.6) is 0 Å². The molecule has 1 aromatic heterocycles. The Morgan fingerprint density at radius 2 is 1.23 bits per heavy atom. The second kappa shape index (κ2) is 14.0. The van der Waals surface area contributed by atoms with Crippen LogP contribution in [0.1, 0.15) is 48.9 Å². The lowest BCUT2D eigenvalue weighted by Crippen LogP contribution is -2.41. The van der Waals surface area contributed by atoms with Crippen LogP contribution in [0.3, 0.4) is 0 Å². The molecule has 1 aliphatic heterocycles. The first-order valence-corrected chi connectivity index (χ1v) is 20.9. The molecule has 0 spiro atoms. The number of anilines is 1. The number of benzene rings is 5. The summed E-state index contributed by atoms with van der Waals surface area (Å²) in [5.41, 5.74) is 14.6. The lowest BCUT2D eigenvalue weighted by atomic mass is 9.72. The summed E-state index contributed by atoms with van der Waals surface area (Å²) < 4.78 is 2.56. The van der Waals surface area contributed by atoms with Crippen LogP contribution in [0.4, 0.5) is 5.69 Å². The van der Waals surface area contributed by atoms with Gasteiger partial charge < -0.3 is 9.47 Å². The van der Waals surface area contributed by atoms with Crippen LogP contribution in [0.25, 0.3) is 50.5 Å². The van der Waals surface area contributed by atoms with Crippen molar-refractivity contribution in [1.29, 1.82) is 0 Å². The van der Waals surface area contributed by atoms with E-state index in [1.807, 2.05) is 0 Å². The van der Waals surface area contributed by atoms with E-state index in [0.717, 1.165) is 25.7 Å². The molecule has 6 unspecified atom stereocenters. The summed E-state index contributed by atoms with van der Waals surface area (Å²) >= 11 is 0. The molecule has 2 nitrogen and oxygen atoms in total. The average Bonchev–Trinajstić information content (AvgIpc) is 3.79. The molecule has 0 N–H and O–H groups in total. The molecule has 2 heteroatoms. The van der Waals surface area contributed by atoms with E-state index in [-0.39, 0.29) is 0 Å². The van der Waals surface area contributed by atoms with E-state index in [1.54, 1.807) is 0 Å². The minimum atomic E-state index is 0.440. The van der Waals surface area contributed by atoms with Gasteiger partial charge in [0.2, 0.25) is 0 Å². The monoisotopic (exact) mass is 724 g/mol. The maximum atomic E-state index is 2.89. The topological polar surface area (TPSA) is 8.17 Å². The molecule has 6 aromatic rings. The fraction of sp³-hybridized carbons (Fsp3) is 0.222. The van der Waals surface area contributed by atoms with Gasteiger partial charge in [-0.3, -0.25) is 0 Å². The summed E-state index contributed by atoms with van der Waals surface area (Å²) in [6.45, 7) is 0. The van der Waals surface area contributed by atoms with Gasteiger partial charge in [0.05, 0.1) is 5.52 Å². The van der Waals surface area contributed by atoms with E-state index in [1.165, 1.54) is 79.8 Å². The molecule has 2 heterocycles. The number of nitrogens with zero attached hydrogens (tertiary/aromatic N) is 2. The van der Waals surface area contributed by atoms with Gasteiger partial charge in [0, 0.05) is 51.9 Å². The van der Waals surface area contributed by atoms with Crippen molar-refractivity contribution in [2.75, 3.05) is 4.90 Å². The van der Waals surface area contributed by atoms with Gasteiger partial charge in [-0.25, -0.2) is 0 Å². The first-order valence-electron chi connectivity index (χ1n) is 20.9. The smallest absolute Gasteiger partial charge is 0.0537 e. The van der Waals surface area contributed by atoms with Crippen LogP contribution in [0.15, 0.2) is 176 Å². The quantitative estimate of drug-likeness (QED) is 0.155. The van der Waals surface area contributed by atoms with Crippen LogP contribution < -0.4 is 4.90 Å². The number of fused-ring (bicyclic) bond motifs is 6. The zero-order chi connectivity index (χ0) is 37.0. The summed E-state index contributed by atoms with van der Waals surface area (Å²) in [5, 5.41) is 1.35. The molecule has 1 fully saturated rings. The molecule has 11 rings (SSSR count). The highest BCUT2D eigenvalue weighted by Crippen LogP contribution is 2.51. The molecular weight excluding hydrogens is 677 g/mol. The van der Waals surface area contributed by atoms with Gasteiger partial charge in [-0.2, -0.15) is 0 Å². The Hall–Kier alpha value is -5.86. The number of aromatic nitrogens is 1. The lowest BCUT2D eigenvalue weighted by Gasteiger charge is -2.39. The first kappa shape index (κ1) is 33.5. The minimum absolute atomic E-state index is 0.440. The predicted molar refractivity (Wildman–Crippen MR) is 236 cm³/mol. The number of hydrogen-bond donors (Lipinski definition) is 0. The third-order valence-electron chi connectivity index (χ3n) is 13.5. The second-order valence-corrected chi connectivity index (χ2v) is 16.6. The standard InChI is InChI=1S/C54H48N2/c1-4-14-37(15-5-1)40-24-28-45(29-25-40)55-51-22-12-10-20-47(51)49-30-26-41(35-53(49)55)42-27-31-50-48-21-11-13-23-52(48)56(54(50)36-42)46-33-43(38-16-6-2-7-17-38)32-44(34-46)39-18-8-3-9-19-39/h2-4,6-12,14-22,24-34,41-42,48,50,52,54H,1,5,13,23,35-36H2. The largest absolute Gasteiger partial charge is 0.364 e. The van der Waals surface area contributed by atoms with Crippen molar-refractivity contribution in [2.24, 2.45) is 23.7 Å². The normalized spacial score (nSPS) is 24.9. The fourth-order valence-corrected chi connectivity index (χ4v) is 10.9. The molecule has 4 aliphatic carbocycles. The van der Waals surface area contributed by atoms with E-state index >= 15 is 0 Å². The third-order valence-corrected chi connectivity index (χ3v) is 13.5. The van der Waals surface area contributed by atoms with Gasteiger partial charge in [0.1, 0.15) is 0 Å². The number of para-hydroxylation sites is 1. The average molecular weight is 725 g/mol. The molecule has 0 amide bonds. The first-order chi connectivity index (χ1) is 27.8. The van der Waals surface area contributed by atoms with Gasteiger partial charge >= 0.3 is 0 Å². The minimum Gasteiger partial charge on any atom is -0.364 e. The molecule has 56 heavy (non-hydrogen) atoms. The highest BCUT2D eigenvalue weighted by Gasteiger charge is 2.49. The Morgan fingerprint density at radius 1 is 0.500 bits per heavy atom. The maximum absolute atomic E-state index is 2.89. The lowest BCUT2D eigenvalue weighted by molar-refractivity contribution is 0.342. The number of rotatable bonds is 6. The predicted octanol–water partition coefficient (Wildman–Crippen LogP) is 13.3. The highest BCUT2D eigenvalue weighted by atomic mass is 15.2. The van der Waals surface area contributed by atoms with Crippen LogP contribution in [-0.2, 0) is 6.42 Å². The number of allylic oxidation sites excluding steroid dienone is 7. The Bertz CT molecular complexity index is 2500. The Kier molecular flexibility index (Phi) is 8.38. The molecule has 274 valence electrons. The van der Waals surface area contributed by atoms with Crippen molar-refractivity contribution in [3.63, 3.8) is 0 Å². The van der Waals surface area contributed by atoms with Crippen molar-refractivity contribution in [2.45, 2.75) is 50.6 Å². The highest BCUT2D eigenvalue weighted by molar-refractivity contribution is 5.93. The van der Waals surface area contributed by atoms with Gasteiger partial charge in [-0.1, -0.05) is 146 Å². The van der Waals surface area contributed by atoms with E-state index in [9.17, 15) is 0 Å². The van der Waals surface area contributed by atoms with Crippen molar-refractivity contribution in [1.82, 2.24) is 4.57 Å². The SMILES string of the molecule is C1=CC(c2ccc(-n3c4c(c5ccccc53)C=CC(C3C=CC5C6C=CCCC6N(c6cc(-c7ccccc7)cc(-c7ccccc7)c6)C5C3)C4)cc2)=CCC1. The zero-order valence-electron chi connectivity index (χ0n) is 31.9. The molecule has 6 atom stereocenters. The van der Waals surface area contributed by atoms with Gasteiger partial charge in [0.25, 0.3) is 0 Å². The Balaban J connectivity index is 0.952. The molecule has 1 saturated heterocycles. The maximum Gasteiger partial charge on any atom is 0.0537 e. The van der Waals surface area contributed by atoms with Crippen LogP contribution >= 0.6 is 0 Å². The fourth-order valence-electron chi connectivity index (χ4n) is 10.9. The summed E-state index contributed by atoms with van der Waals surface area (Å²) in [6, 6.07) is 48.6. The molecule has 5 aliphatic rings. The Morgan fingerprint density at radius 3 is 1.98 bits per heavy atom. The number of hydrogen-bond acceptors (Lipinski definition) is 1. The molecule has 5 aromatic carbocycles. The van der Waals surface area contributed by atoms with Crippen molar-refractivity contribution in [3.8, 4) is 27.9 Å². The van der Waals surface area contributed by atoms with Crippen molar-refractivity contribution in [3.05, 3.63) is 193 Å². The van der Waals surface area contributed by atoms with Crippen molar-refractivity contribution < 1.29 is 0 Å². The summed E-state index contributed by atoms with van der Waals surface area (Å²) in [7, 11) is 0. The van der Waals surface area contributed by atoms with Crippen LogP contribution in [0, 0.1) is 23.7 Å². The molecule has 0 radical (unpaired) electrons. The van der Waals surface area contributed by atoms with Crippen LogP contribution in [-0.4, -0.2) is 16.7 Å². The summed E-state index contributed by atoms with van der Waals surface area (Å²) in [4.78, 5) is 2.89. The summed E-state index contributed by atoms with van der Waals surface area (Å²) in [5.74, 6) is 1.98. The van der Waals surface area contributed by atoms with E-state index < -0.39 is 0 Å². The van der Waals surface area contributed by atoms with Crippen LogP contribution in [0.2, 0.25) is 0 Å². The zero-order valence-corrected chi connectivity index (χ0v) is 31.9. The van der Waals surface area contributed by atoms with Gasteiger partial charge in [-0.15, -0.1) is 0 Å². The second-order valence-electron chi connectivity index (χ2n) is 16.6. The molecule has 0 bridgehead atoms. The molecular formula is C54H48N2.